The maximum atomic E-state index is 10.9. The first-order valence-corrected chi connectivity index (χ1v) is 10.2. The van der Waals surface area contributed by atoms with Crippen molar-refractivity contribution in [2.24, 2.45) is 0 Å². The fourth-order valence-electron chi connectivity index (χ4n) is 3.89. The number of rotatable bonds is 4. The van der Waals surface area contributed by atoms with Crippen molar-refractivity contribution >= 4 is 13.1 Å². The first-order valence-electron chi connectivity index (χ1n) is 10.2. The number of hydrogen-bond acceptors (Lipinski definition) is 2. The van der Waals surface area contributed by atoms with E-state index in [9.17, 15) is 5.11 Å². The fraction of sp³-hybridized carbons (Fsp3) is 0.400. The Morgan fingerprint density at radius 1 is 1.11 bits per heavy atom. The first-order chi connectivity index (χ1) is 13.3. The number of hydrogen-bond donors (Lipinski definition) is 1. The van der Waals surface area contributed by atoms with Crippen molar-refractivity contribution in [2.45, 2.75) is 65.2 Å². The van der Waals surface area contributed by atoms with Crippen molar-refractivity contribution in [2.75, 3.05) is 0 Å². The van der Waals surface area contributed by atoms with Crippen LogP contribution in [-0.4, -0.2) is 18.2 Å². The summed E-state index contributed by atoms with van der Waals surface area (Å²) >= 11 is 0. The molecule has 0 amide bonds. The second-order valence-electron chi connectivity index (χ2n) is 8.83. The van der Waals surface area contributed by atoms with E-state index in [1.165, 1.54) is 11.1 Å². The average Bonchev–Trinajstić information content (AvgIpc) is 2.65. The van der Waals surface area contributed by atoms with Crippen molar-refractivity contribution < 1.29 is 9.76 Å². The predicted octanol–water partition coefficient (Wildman–Crippen LogP) is 6.39. The molecule has 0 heterocycles. The van der Waals surface area contributed by atoms with E-state index in [-0.39, 0.29) is 11.3 Å². The van der Waals surface area contributed by atoms with Gasteiger partial charge in [-0.1, -0.05) is 0 Å². The van der Waals surface area contributed by atoms with Gasteiger partial charge in [0, 0.05) is 0 Å². The summed E-state index contributed by atoms with van der Waals surface area (Å²) in [5, 5.41) is 10.9. The molecule has 3 heteroatoms. The maximum absolute atomic E-state index is 10.9. The van der Waals surface area contributed by atoms with Gasteiger partial charge in [0.1, 0.15) is 0 Å². The van der Waals surface area contributed by atoms with Crippen LogP contribution in [-0.2, 0) is 5.41 Å². The third kappa shape index (κ3) is 4.58. The molecule has 1 aliphatic rings. The number of aromatic hydroxyl groups is 1. The topological polar surface area (TPSA) is 29.5 Å². The summed E-state index contributed by atoms with van der Waals surface area (Å²) in [4.78, 5) is 0. The summed E-state index contributed by atoms with van der Waals surface area (Å²) in [6.07, 6.45) is 5.60. The zero-order valence-corrected chi connectivity index (χ0v) is 17.8. The molecule has 2 aromatic rings. The van der Waals surface area contributed by atoms with E-state index in [1.54, 1.807) is 7.12 Å². The standard InChI is InChI=1S/C25H31BO2/c1-6-26-28-23-16-20(18-10-12-21(13-11-18)25(3,4)5)15-22(27)24(23)19-9-7-8-17(2)14-19/h6,10-16,19,27H,7-9H2,1-5H3. The van der Waals surface area contributed by atoms with Crippen LogP contribution in [0.15, 0.2) is 48.0 Å². The second kappa shape index (κ2) is 8.38. The van der Waals surface area contributed by atoms with Gasteiger partial charge >= 0.3 is 170 Å². The quantitative estimate of drug-likeness (QED) is 0.496. The Morgan fingerprint density at radius 3 is 2.43 bits per heavy atom. The molecule has 2 nitrogen and oxygen atoms in total. The van der Waals surface area contributed by atoms with Crippen molar-refractivity contribution in [3.05, 3.63) is 59.2 Å². The molecule has 1 aliphatic carbocycles. The van der Waals surface area contributed by atoms with E-state index in [0.717, 1.165) is 41.7 Å². The van der Waals surface area contributed by atoms with Crippen LogP contribution in [0.4, 0.5) is 0 Å². The second-order valence-corrected chi connectivity index (χ2v) is 8.83. The molecule has 0 fully saturated rings. The molecule has 1 N–H and O–H groups in total. The zero-order valence-electron chi connectivity index (χ0n) is 17.8. The molecule has 1 atom stereocenters. The number of phenolic OH excluding ortho intramolecular Hbond substituents is 1. The molecule has 1 unspecified atom stereocenters. The number of allylic oxidation sites excluding steroid dienone is 2. The molecule has 0 bridgehead atoms. The van der Waals surface area contributed by atoms with Gasteiger partial charge in [-0.05, 0) is 0 Å². The van der Waals surface area contributed by atoms with E-state index in [2.05, 4.69) is 64.1 Å². The number of phenols is 1. The Labute approximate surface area is 170 Å². The minimum atomic E-state index is 0.121. The van der Waals surface area contributed by atoms with Crippen LogP contribution in [0.2, 0.25) is 0 Å². The van der Waals surface area contributed by atoms with Crippen LogP contribution in [0.25, 0.3) is 11.1 Å². The fourth-order valence-corrected chi connectivity index (χ4v) is 3.89. The summed E-state index contributed by atoms with van der Waals surface area (Å²) < 4.78 is 5.93. The summed E-state index contributed by atoms with van der Waals surface area (Å²) in [6.45, 7) is 10.7. The average molecular weight is 374 g/mol. The van der Waals surface area contributed by atoms with Gasteiger partial charge in [0.2, 0.25) is 0 Å². The Hall–Kier alpha value is -2.29. The Kier molecular flexibility index (Phi) is 6.12. The van der Waals surface area contributed by atoms with E-state index < -0.39 is 0 Å². The van der Waals surface area contributed by atoms with Crippen molar-refractivity contribution in [3.63, 3.8) is 0 Å². The van der Waals surface area contributed by atoms with E-state index >= 15 is 0 Å². The molecular formula is C25H31BO2. The normalized spacial score (nSPS) is 17.3. The molecule has 0 aliphatic heterocycles. The van der Waals surface area contributed by atoms with Crippen LogP contribution in [0.1, 0.15) is 70.9 Å². The van der Waals surface area contributed by atoms with Crippen molar-refractivity contribution in [3.8, 4) is 22.6 Å². The van der Waals surface area contributed by atoms with Gasteiger partial charge in [-0.15, -0.1) is 0 Å². The van der Waals surface area contributed by atoms with Gasteiger partial charge in [-0.25, -0.2) is 0 Å². The van der Waals surface area contributed by atoms with Crippen LogP contribution in [0.5, 0.6) is 11.5 Å². The molecule has 0 aromatic heterocycles. The molecule has 3 rings (SSSR count). The summed E-state index contributed by atoms with van der Waals surface area (Å²) in [5.74, 6) is 3.12. The Morgan fingerprint density at radius 2 is 1.82 bits per heavy atom. The van der Waals surface area contributed by atoms with E-state index in [4.69, 9.17) is 4.65 Å². The van der Waals surface area contributed by atoms with Gasteiger partial charge in [0.15, 0.2) is 0 Å². The monoisotopic (exact) mass is 374 g/mol. The number of benzene rings is 2. The molecule has 2 aromatic carbocycles. The molecule has 28 heavy (non-hydrogen) atoms. The SMILES string of the molecule is CC=BOc1cc(-c2ccc(C(C)(C)C)cc2)cc(O)c1C1C=C(C)CCC1. The Bertz CT molecular complexity index is 886. The third-order valence-corrected chi connectivity index (χ3v) is 5.48. The van der Waals surface area contributed by atoms with Crippen LogP contribution >= 0.6 is 0 Å². The van der Waals surface area contributed by atoms with Crippen molar-refractivity contribution in [1.82, 2.24) is 0 Å². The van der Waals surface area contributed by atoms with E-state index in [1.807, 2.05) is 19.0 Å². The van der Waals surface area contributed by atoms with Gasteiger partial charge in [0.05, 0.1) is 0 Å². The van der Waals surface area contributed by atoms with Crippen LogP contribution < -0.4 is 4.65 Å². The van der Waals surface area contributed by atoms with Crippen LogP contribution in [0.3, 0.4) is 0 Å². The molecule has 146 valence electrons. The third-order valence-electron chi connectivity index (χ3n) is 5.48. The molecule has 0 saturated carbocycles. The minimum absolute atomic E-state index is 0.121. The molecular weight excluding hydrogens is 343 g/mol. The summed E-state index contributed by atoms with van der Waals surface area (Å²) in [5.41, 5.74) is 5.75. The predicted molar refractivity (Wildman–Crippen MR) is 121 cm³/mol. The molecule has 0 spiro atoms. The summed E-state index contributed by atoms with van der Waals surface area (Å²) in [6, 6.07) is 12.5. The Balaban J connectivity index is 2.04. The first kappa shape index (κ1) is 20.4. The van der Waals surface area contributed by atoms with E-state index in [0.29, 0.717) is 5.75 Å². The van der Waals surface area contributed by atoms with Crippen molar-refractivity contribution in [1.29, 1.82) is 0 Å². The molecule has 0 saturated heterocycles. The molecule has 0 radical (unpaired) electrons. The van der Waals surface area contributed by atoms with Gasteiger partial charge < -0.3 is 0 Å². The van der Waals surface area contributed by atoms with Gasteiger partial charge in [-0.3, -0.25) is 0 Å². The van der Waals surface area contributed by atoms with Crippen LogP contribution in [0, 0.1) is 0 Å². The zero-order chi connectivity index (χ0) is 20.3. The summed E-state index contributed by atoms with van der Waals surface area (Å²) in [7, 11) is 1.68. The van der Waals surface area contributed by atoms with Gasteiger partial charge in [0.25, 0.3) is 0 Å². The van der Waals surface area contributed by atoms with Gasteiger partial charge in [-0.2, -0.15) is 0 Å².